The highest BCUT2D eigenvalue weighted by Crippen LogP contribution is 2.13. The number of para-hydroxylation sites is 1. The van der Waals surface area contributed by atoms with E-state index in [2.05, 4.69) is 16.0 Å². The van der Waals surface area contributed by atoms with Crippen molar-refractivity contribution in [3.8, 4) is 5.69 Å². The van der Waals surface area contributed by atoms with Gasteiger partial charge in [-0.1, -0.05) is 18.2 Å². The fourth-order valence-electron chi connectivity index (χ4n) is 2.27. The van der Waals surface area contributed by atoms with Gasteiger partial charge in [0.25, 0.3) is 11.8 Å². The molecule has 3 rings (SSSR count). The topological polar surface area (TPSA) is 89.2 Å². The number of nitrogens with zero attached hydrogens (tertiary/aromatic N) is 2. The molecule has 0 fully saturated rings. The van der Waals surface area contributed by atoms with Crippen molar-refractivity contribution in [3.05, 3.63) is 71.4 Å². The van der Waals surface area contributed by atoms with Gasteiger partial charge in [0, 0.05) is 6.20 Å². The molecule has 0 unspecified atom stereocenters. The van der Waals surface area contributed by atoms with E-state index in [4.69, 9.17) is 4.42 Å². The molecular weight excluding hydrogens is 308 g/mol. The van der Waals surface area contributed by atoms with Gasteiger partial charge in [0.2, 0.25) is 0 Å². The van der Waals surface area contributed by atoms with Gasteiger partial charge >= 0.3 is 0 Å². The number of hydrogen-bond donors (Lipinski definition) is 2. The Kier molecular flexibility index (Phi) is 4.15. The maximum Gasteiger partial charge on any atom is 0.273 e. The highest BCUT2D eigenvalue weighted by molar-refractivity contribution is 5.99. The minimum Gasteiger partial charge on any atom is -0.466 e. The molecule has 0 bridgehead atoms. The zero-order valence-electron chi connectivity index (χ0n) is 13.2. The van der Waals surface area contributed by atoms with Crippen molar-refractivity contribution in [1.82, 2.24) is 20.6 Å². The van der Waals surface area contributed by atoms with Crippen LogP contribution in [0.15, 0.2) is 53.2 Å². The van der Waals surface area contributed by atoms with E-state index in [1.165, 1.54) is 6.20 Å². The van der Waals surface area contributed by atoms with Gasteiger partial charge in [-0.05, 0) is 32.0 Å². The Labute approximate surface area is 138 Å². The van der Waals surface area contributed by atoms with Crippen molar-refractivity contribution in [1.29, 1.82) is 0 Å². The average Bonchev–Trinajstić information content (AvgIpc) is 3.20. The van der Waals surface area contributed by atoms with Crippen molar-refractivity contribution in [2.45, 2.75) is 13.8 Å². The minimum absolute atomic E-state index is 0.333. The Morgan fingerprint density at radius 2 is 1.79 bits per heavy atom. The van der Waals surface area contributed by atoms with Gasteiger partial charge < -0.3 is 4.42 Å². The SMILES string of the molecule is Cc1cc(C(=O)NNC(=O)c2cnn(-c3ccccc3)c2)c(C)o1. The number of aromatic nitrogens is 2. The van der Waals surface area contributed by atoms with Gasteiger partial charge in [-0.15, -0.1) is 0 Å². The van der Waals surface area contributed by atoms with Crippen LogP contribution in [0.2, 0.25) is 0 Å². The summed E-state index contributed by atoms with van der Waals surface area (Å²) in [7, 11) is 0. The molecule has 0 aliphatic heterocycles. The summed E-state index contributed by atoms with van der Waals surface area (Å²) in [6.45, 7) is 3.44. The summed E-state index contributed by atoms with van der Waals surface area (Å²) in [6.07, 6.45) is 3.02. The van der Waals surface area contributed by atoms with Crippen molar-refractivity contribution >= 4 is 11.8 Å². The van der Waals surface area contributed by atoms with Crippen LogP contribution in [0.4, 0.5) is 0 Å². The van der Waals surface area contributed by atoms with Crippen LogP contribution >= 0.6 is 0 Å². The van der Waals surface area contributed by atoms with E-state index in [0.29, 0.717) is 22.6 Å². The van der Waals surface area contributed by atoms with Crippen molar-refractivity contribution in [2.24, 2.45) is 0 Å². The van der Waals surface area contributed by atoms with E-state index in [1.54, 1.807) is 30.8 Å². The molecule has 2 aromatic heterocycles. The summed E-state index contributed by atoms with van der Waals surface area (Å²) in [4.78, 5) is 24.1. The number of carbonyl (C=O) groups is 2. The van der Waals surface area contributed by atoms with E-state index in [1.807, 2.05) is 30.3 Å². The summed E-state index contributed by atoms with van der Waals surface area (Å²) in [5.74, 6) is 0.237. The van der Waals surface area contributed by atoms with Crippen molar-refractivity contribution in [2.75, 3.05) is 0 Å². The van der Waals surface area contributed by atoms with Gasteiger partial charge in [-0.2, -0.15) is 5.10 Å². The molecule has 0 spiro atoms. The van der Waals surface area contributed by atoms with E-state index in [-0.39, 0.29) is 0 Å². The molecule has 24 heavy (non-hydrogen) atoms. The molecule has 3 aromatic rings. The van der Waals surface area contributed by atoms with Crippen LogP contribution in [0.3, 0.4) is 0 Å². The van der Waals surface area contributed by atoms with Crippen LogP contribution in [0, 0.1) is 13.8 Å². The molecule has 0 saturated heterocycles. The summed E-state index contributed by atoms with van der Waals surface area (Å²) >= 11 is 0. The Morgan fingerprint density at radius 3 is 2.46 bits per heavy atom. The summed E-state index contributed by atoms with van der Waals surface area (Å²) in [5.41, 5.74) is 6.28. The van der Waals surface area contributed by atoms with Crippen molar-refractivity contribution < 1.29 is 14.0 Å². The number of hydrogen-bond acceptors (Lipinski definition) is 4. The second-order valence-corrected chi connectivity index (χ2v) is 5.24. The third kappa shape index (κ3) is 3.19. The van der Waals surface area contributed by atoms with Crippen LogP contribution < -0.4 is 10.9 Å². The molecule has 2 heterocycles. The summed E-state index contributed by atoms with van der Waals surface area (Å²) < 4.78 is 6.88. The average molecular weight is 324 g/mol. The molecular formula is C17H16N4O3. The molecule has 2 N–H and O–H groups in total. The summed E-state index contributed by atoms with van der Waals surface area (Å²) in [5, 5.41) is 4.14. The van der Waals surface area contributed by atoms with Crippen LogP contribution in [0.25, 0.3) is 5.69 Å². The first-order valence-electron chi connectivity index (χ1n) is 7.32. The van der Waals surface area contributed by atoms with Gasteiger partial charge in [0.1, 0.15) is 11.5 Å². The number of carbonyl (C=O) groups excluding carboxylic acids is 2. The van der Waals surface area contributed by atoms with Crippen molar-refractivity contribution in [3.63, 3.8) is 0 Å². The third-order valence-corrected chi connectivity index (χ3v) is 3.44. The number of nitrogens with one attached hydrogen (secondary N) is 2. The van der Waals surface area contributed by atoms with Crippen LogP contribution in [0.1, 0.15) is 32.2 Å². The Balaban J connectivity index is 1.64. The number of amides is 2. The third-order valence-electron chi connectivity index (χ3n) is 3.44. The highest BCUT2D eigenvalue weighted by atomic mass is 16.3. The fraction of sp³-hybridized carbons (Fsp3) is 0.118. The number of aryl methyl sites for hydroxylation is 2. The number of rotatable bonds is 3. The van der Waals surface area contributed by atoms with Crippen LogP contribution in [-0.2, 0) is 0 Å². The van der Waals surface area contributed by atoms with Crippen LogP contribution in [-0.4, -0.2) is 21.6 Å². The molecule has 0 radical (unpaired) electrons. The van der Waals surface area contributed by atoms with Gasteiger partial charge in [-0.3, -0.25) is 20.4 Å². The maximum absolute atomic E-state index is 12.1. The monoisotopic (exact) mass is 324 g/mol. The van der Waals surface area contributed by atoms with E-state index >= 15 is 0 Å². The first-order valence-corrected chi connectivity index (χ1v) is 7.32. The molecule has 1 aromatic carbocycles. The van der Waals surface area contributed by atoms with Gasteiger partial charge in [0.05, 0.1) is 23.0 Å². The first-order chi connectivity index (χ1) is 11.5. The van der Waals surface area contributed by atoms with Gasteiger partial charge in [0.15, 0.2) is 0 Å². The lowest BCUT2D eigenvalue weighted by Gasteiger charge is -2.05. The fourth-order valence-corrected chi connectivity index (χ4v) is 2.27. The predicted octanol–water partition coefficient (Wildman–Crippen LogP) is 2.16. The zero-order chi connectivity index (χ0) is 17.1. The predicted molar refractivity (Wildman–Crippen MR) is 86.7 cm³/mol. The molecule has 2 amide bonds. The Hall–Kier alpha value is -3.35. The lowest BCUT2D eigenvalue weighted by atomic mass is 10.2. The molecule has 122 valence electrons. The molecule has 0 atom stereocenters. The lowest BCUT2D eigenvalue weighted by molar-refractivity contribution is 0.0845. The lowest BCUT2D eigenvalue weighted by Crippen LogP contribution is -2.41. The first kappa shape index (κ1) is 15.5. The molecule has 7 nitrogen and oxygen atoms in total. The number of furan rings is 1. The quantitative estimate of drug-likeness (QED) is 0.723. The molecule has 7 heteroatoms. The Morgan fingerprint density at radius 1 is 1.08 bits per heavy atom. The van der Waals surface area contributed by atoms with Gasteiger partial charge in [-0.25, -0.2) is 4.68 Å². The van der Waals surface area contributed by atoms with Crippen LogP contribution in [0.5, 0.6) is 0 Å². The standard InChI is InChI=1S/C17H16N4O3/c1-11-8-15(12(2)24-11)17(23)20-19-16(22)13-9-18-21(10-13)14-6-4-3-5-7-14/h3-10H,1-2H3,(H,19,22)(H,20,23). The largest absolute Gasteiger partial charge is 0.466 e. The maximum atomic E-state index is 12.1. The summed E-state index contributed by atoms with van der Waals surface area (Å²) in [6, 6.07) is 11.0. The second kappa shape index (κ2) is 6.41. The van der Waals surface area contributed by atoms with E-state index < -0.39 is 11.8 Å². The second-order valence-electron chi connectivity index (χ2n) is 5.24. The Bertz CT molecular complexity index is 880. The van der Waals surface area contributed by atoms with E-state index in [0.717, 1.165) is 5.69 Å². The molecule has 0 aliphatic rings. The number of hydrazine groups is 1. The smallest absolute Gasteiger partial charge is 0.273 e. The molecule has 0 aliphatic carbocycles. The number of benzene rings is 1. The highest BCUT2D eigenvalue weighted by Gasteiger charge is 2.15. The molecule has 0 saturated carbocycles. The minimum atomic E-state index is -0.455. The van der Waals surface area contributed by atoms with E-state index in [9.17, 15) is 9.59 Å². The zero-order valence-corrected chi connectivity index (χ0v) is 13.2. The normalized spacial score (nSPS) is 10.4.